The number of rotatable bonds is 5. The Morgan fingerprint density at radius 1 is 1.00 bits per heavy atom. The standard InChI is InChI=1S/C19H12BrNO4/c20-15-5-1-14(2-6-15)19-12-10-17(25-19)9-11-18(22)13-3-7-16(8-4-13)21(23)24/h1-12H. The van der Waals surface area contributed by atoms with Crippen LogP contribution in [0.5, 0.6) is 0 Å². The van der Waals surface area contributed by atoms with Crippen LogP contribution in [0, 0.1) is 10.1 Å². The molecule has 3 rings (SSSR count). The number of halogens is 1. The molecule has 0 saturated heterocycles. The van der Waals surface area contributed by atoms with Gasteiger partial charge in [0.1, 0.15) is 11.5 Å². The smallest absolute Gasteiger partial charge is 0.269 e. The lowest BCUT2D eigenvalue weighted by Gasteiger charge is -1.97. The second kappa shape index (κ2) is 7.27. The van der Waals surface area contributed by atoms with Gasteiger partial charge in [0, 0.05) is 27.7 Å². The van der Waals surface area contributed by atoms with Gasteiger partial charge in [0.25, 0.3) is 5.69 Å². The van der Waals surface area contributed by atoms with Crippen molar-refractivity contribution in [2.45, 2.75) is 0 Å². The van der Waals surface area contributed by atoms with E-state index in [1.54, 1.807) is 12.1 Å². The molecule has 0 N–H and O–H groups in total. The van der Waals surface area contributed by atoms with Crippen LogP contribution >= 0.6 is 15.9 Å². The molecule has 124 valence electrons. The van der Waals surface area contributed by atoms with Crippen molar-refractivity contribution in [2.75, 3.05) is 0 Å². The summed E-state index contributed by atoms with van der Waals surface area (Å²) >= 11 is 3.38. The van der Waals surface area contributed by atoms with Crippen molar-refractivity contribution in [2.24, 2.45) is 0 Å². The molecule has 6 heteroatoms. The Hall–Kier alpha value is -2.99. The lowest BCUT2D eigenvalue weighted by molar-refractivity contribution is -0.384. The van der Waals surface area contributed by atoms with E-state index in [1.165, 1.54) is 30.3 Å². The molecule has 1 aromatic heterocycles. The molecule has 0 fully saturated rings. The van der Waals surface area contributed by atoms with E-state index in [0.29, 0.717) is 17.1 Å². The highest BCUT2D eigenvalue weighted by Gasteiger charge is 2.08. The van der Waals surface area contributed by atoms with Gasteiger partial charge in [0.15, 0.2) is 5.78 Å². The van der Waals surface area contributed by atoms with Crippen LogP contribution < -0.4 is 0 Å². The summed E-state index contributed by atoms with van der Waals surface area (Å²) in [6, 6.07) is 16.8. The van der Waals surface area contributed by atoms with E-state index < -0.39 is 4.92 Å². The number of hydrogen-bond donors (Lipinski definition) is 0. The molecule has 0 aliphatic carbocycles. The number of carbonyl (C=O) groups is 1. The number of benzene rings is 2. The first-order chi connectivity index (χ1) is 12.0. The van der Waals surface area contributed by atoms with E-state index in [4.69, 9.17) is 4.42 Å². The predicted octanol–water partition coefficient (Wildman–Crippen LogP) is 5.51. The first-order valence-corrected chi connectivity index (χ1v) is 8.15. The molecule has 0 saturated carbocycles. The molecule has 0 bridgehead atoms. The quantitative estimate of drug-likeness (QED) is 0.246. The topological polar surface area (TPSA) is 73.3 Å². The fourth-order valence-corrected chi connectivity index (χ4v) is 2.48. The molecule has 0 amide bonds. The highest BCUT2D eigenvalue weighted by atomic mass is 79.9. The number of allylic oxidation sites excluding steroid dienone is 1. The number of nitro groups is 1. The maximum absolute atomic E-state index is 12.1. The van der Waals surface area contributed by atoms with Gasteiger partial charge in [-0.25, -0.2) is 0 Å². The van der Waals surface area contributed by atoms with Crippen molar-refractivity contribution in [3.8, 4) is 11.3 Å². The Morgan fingerprint density at radius 3 is 2.32 bits per heavy atom. The van der Waals surface area contributed by atoms with Crippen molar-refractivity contribution < 1.29 is 14.1 Å². The summed E-state index contributed by atoms with van der Waals surface area (Å²) in [7, 11) is 0. The summed E-state index contributed by atoms with van der Waals surface area (Å²) < 4.78 is 6.69. The minimum absolute atomic E-state index is 0.0503. The normalized spacial score (nSPS) is 10.9. The van der Waals surface area contributed by atoms with E-state index in [2.05, 4.69) is 15.9 Å². The Kier molecular flexibility index (Phi) is 4.90. The zero-order valence-corrected chi connectivity index (χ0v) is 14.5. The van der Waals surface area contributed by atoms with E-state index in [0.717, 1.165) is 10.0 Å². The highest BCUT2D eigenvalue weighted by molar-refractivity contribution is 9.10. The molecule has 25 heavy (non-hydrogen) atoms. The number of carbonyl (C=O) groups excluding carboxylic acids is 1. The van der Waals surface area contributed by atoms with Crippen LogP contribution in [-0.2, 0) is 0 Å². The second-order valence-electron chi connectivity index (χ2n) is 5.21. The first kappa shape index (κ1) is 16.9. The van der Waals surface area contributed by atoms with Gasteiger partial charge in [-0.1, -0.05) is 28.1 Å². The largest absolute Gasteiger partial charge is 0.457 e. The predicted molar refractivity (Wildman–Crippen MR) is 98.3 cm³/mol. The monoisotopic (exact) mass is 397 g/mol. The van der Waals surface area contributed by atoms with Gasteiger partial charge in [-0.05, 0) is 48.6 Å². The average Bonchev–Trinajstić information content (AvgIpc) is 3.09. The number of ketones is 1. The zero-order valence-electron chi connectivity index (χ0n) is 12.9. The summed E-state index contributed by atoms with van der Waals surface area (Å²) in [6.45, 7) is 0. The van der Waals surface area contributed by atoms with Crippen molar-refractivity contribution in [3.05, 3.63) is 92.7 Å². The Bertz CT molecular complexity index is 940. The van der Waals surface area contributed by atoms with Crippen molar-refractivity contribution in [1.82, 2.24) is 0 Å². The minimum Gasteiger partial charge on any atom is -0.457 e. The van der Waals surface area contributed by atoms with Crippen LogP contribution in [0.1, 0.15) is 16.1 Å². The number of non-ortho nitro benzene ring substituents is 1. The molecule has 0 atom stereocenters. The van der Waals surface area contributed by atoms with Gasteiger partial charge in [-0.3, -0.25) is 14.9 Å². The van der Waals surface area contributed by atoms with Crippen LogP contribution in [0.15, 0.2) is 75.6 Å². The SMILES string of the molecule is O=C(C=Cc1ccc(-c2ccc(Br)cc2)o1)c1ccc([N+](=O)[O-])cc1. The second-order valence-corrected chi connectivity index (χ2v) is 6.13. The Morgan fingerprint density at radius 2 is 1.68 bits per heavy atom. The van der Waals surface area contributed by atoms with Crippen molar-refractivity contribution in [3.63, 3.8) is 0 Å². The first-order valence-electron chi connectivity index (χ1n) is 7.35. The highest BCUT2D eigenvalue weighted by Crippen LogP contribution is 2.24. The number of furan rings is 1. The van der Waals surface area contributed by atoms with Gasteiger partial charge in [-0.15, -0.1) is 0 Å². The van der Waals surface area contributed by atoms with Crippen molar-refractivity contribution in [1.29, 1.82) is 0 Å². The molecule has 1 heterocycles. The van der Waals surface area contributed by atoms with Gasteiger partial charge >= 0.3 is 0 Å². The maximum Gasteiger partial charge on any atom is 0.269 e. The third-order valence-corrected chi connectivity index (χ3v) is 4.05. The maximum atomic E-state index is 12.1. The summed E-state index contributed by atoms with van der Waals surface area (Å²) in [5.74, 6) is 1.000. The fraction of sp³-hybridized carbons (Fsp3) is 0. The summed E-state index contributed by atoms with van der Waals surface area (Å²) in [4.78, 5) is 22.2. The third-order valence-electron chi connectivity index (χ3n) is 3.52. The molecule has 0 aliphatic heterocycles. The number of nitro benzene ring substituents is 1. The molecular weight excluding hydrogens is 386 g/mol. The number of hydrogen-bond acceptors (Lipinski definition) is 4. The van der Waals surface area contributed by atoms with E-state index in [-0.39, 0.29) is 11.5 Å². The lowest BCUT2D eigenvalue weighted by Crippen LogP contribution is -1.95. The molecule has 2 aromatic carbocycles. The molecule has 3 aromatic rings. The van der Waals surface area contributed by atoms with Gasteiger partial charge in [0.05, 0.1) is 4.92 Å². The summed E-state index contributed by atoms with van der Waals surface area (Å²) in [5.41, 5.74) is 1.26. The van der Waals surface area contributed by atoms with Crippen molar-refractivity contribution >= 4 is 33.5 Å². The molecule has 0 spiro atoms. The van der Waals surface area contributed by atoms with Crippen LogP contribution in [0.3, 0.4) is 0 Å². The molecule has 0 radical (unpaired) electrons. The van der Waals surface area contributed by atoms with E-state index in [1.807, 2.05) is 30.3 Å². The van der Waals surface area contributed by atoms with Gasteiger partial charge < -0.3 is 4.42 Å². The summed E-state index contributed by atoms with van der Waals surface area (Å²) in [6.07, 6.45) is 2.96. The molecule has 0 aliphatic rings. The fourth-order valence-electron chi connectivity index (χ4n) is 2.21. The lowest BCUT2D eigenvalue weighted by atomic mass is 10.1. The van der Waals surface area contributed by atoms with Crippen LogP contribution in [-0.4, -0.2) is 10.7 Å². The van der Waals surface area contributed by atoms with Gasteiger partial charge in [0.2, 0.25) is 0 Å². The van der Waals surface area contributed by atoms with E-state index in [9.17, 15) is 14.9 Å². The molecule has 0 unspecified atom stereocenters. The van der Waals surface area contributed by atoms with Crippen LogP contribution in [0.25, 0.3) is 17.4 Å². The van der Waals surface area contributed by atoms with Crippen LogP contribution in [0.4, 0.5) is 5.69 Å². The summed E-state index contributed by atoms with van der Waals surface area (Å²) in [5, 5.41) is 10.6. The zero-order chi connectivity index (χ0) is 17.8. The number of nitrogens with zero attached hydrogens (tertiary/aromatic N) is 1. The van der Waals surface area contributed by atoms with E-state index >= 15 is 0 Å². The van der Waals surface area contributed by atoms with Crippen LogP contribution in [0.2, 0.25) is 0 Å². The third kappa shape index (κ3) is 4.10. The average molecular weight is 398 g/mol. The molecular formula is C19H12BrNO4. The minimum atomic E-state index is -0.503. The van der Waals surface area contributed by atoms with Gasteiger partial charge in [-0.2, -0.15) is 0 Å². The Balaban J connectivity index is 1.72. The Labute approximate surface area is 151 Å². The molecule has 5 nitrogen and oxygen atoms in total.